The summed E-state index contributed by atoms with van der Waals surface area (Å²) in [6, 6.07) is 6.11. The van der Waals surface area contributed by atoms with Crippen LogP contribution in [0.5, 0.6) is 0 Å². The number of nitrogens with zero attached hydrogens (tertiary/aromatic N) is 1. The van der Waals surface area contributed by atoms with Crippen LogP contribution in [0.15, 0.2) is 29.3 Å². The summed E-state index contributed by atoms with van der Waals surface area (Å²) in [4.78, 5) is 27.5. The van der Waals surface area contributed by atoms with Crippen molar-refractivity contribution in [2.24, 2.45) is 4.99 Å². The standard InChI is InChI=1S/C15H18N2O4/c1-15(2,3)21-14(20)17-12(13(18)19)10-8-16-11-7-5-4-6-9(10)11/h4-7,12H,8H2,1-3H3,(H,17,20)(H,18,19)/t12-/m1/s1. The van der Waals surface area contributed by atoms with E-state index in [1.807, 2.05) is 18.2 Å². The van der Waals surface area contributed by atoms with E-state index in [4.69, 9.17) is 4.74 Å². The molecule has 0 bridgehead atoms. The van der Waals surface area contributed by atoms with Crippen LogP contribution in [-0.2, 0) is 9.53 Å². The molecular weight excluding hydrogens is 272 g/mol. The molecule has 1 aliphatic heterocycles. The molecule has 0 saturated carbocycles. The third-order valence-corrected chi connectivity index (χ3v) is 2.93. The van der Waals surface area contributed by atoms with Crippen molar-refractivity contribution in [2.45, 2.75) is 32.4 Å². The number of hydrogen-bond acceptors (Lipinski definition) is 4. The van der Waals surface area contributed by atoms with Crippen LogP contribution >= 0.6 is 0 Å². The number of hydrogen-bond donors (Lipinski definition) is 2. The van der Waals surface area contributed by atoms with Crippen molar-refractivity contribution in [1.29, 1.82) is 0 Å². The van der Waals surface area contributed by atoms with Crippen LogP contribution in [0.4, 0.5) is 4.79 Å². The second-order valence-electron chi connectivity index (χ2n) is 5.78. The molecule has 6 nitrogen and oxygen atoms in total. The summed E-state index contributed by atoms with van der Waals surface area (Å²) in [5.41, 5.74) is -0.126. The maximum absolute atomic E-state index is 11.8. The molecule has 1 aromatic carbocycles. The monoisotopic (exact) mass is 290 g/mol. The van der Waals surface area contributed by atoms with Gasteiger partial charge in [0.1, 0.15) is 5.60 Å². The van der Waals surface area contributed by atoms with Crippen LogP contribution in [-0.4, -0.2) is 35.4 Å². The molecule has 0 spiro atoms. The summed E-state index contributed by atoms with van der Waals surface area (Å²) in [7, 11) is 0. The van der Waals surface area contributed by atoms with Crippen LogP contribution in [0.25, 0.3) is 5.57 Å². The van der Waals surface area contributed by atoms with E-state index in [9.17, 15) is 14.7 Å². The first-order chi connectivity index (χ1) is 9.78. The molecule has 1 aliphatic rings. The van der Waals surface area contributed by atoms with Crippen molar-refractivity contribution in [3.05, 3.63) is 34.8 Å². The molecule has 0 saturated heterocycles. The molecule has 0 aromatic heterocycles. The van der Waals surface area contributed by atoms with Crippen LogP contribution in [0.2, 0.25) is 0 Å². The second-order valence-corrected chi connectivity index (χ2v) is 5.78. The van der Waals surface area contributed by atoms with Crippen LogP contribution in [0.1, 0.15) is 20.8 Å². The smallest absolute Gasteiger partial charge is 0.408 e. The molecule has 0 radical (unpaired) electrons. The maximum Gasteiger partial charge on any atom is 0.408 e. The Morgan fingerprint density at radius 1 is 1.33 bits per heavy atom. The number of amides is 1. The predicted octanol–water partition coefficient (Wildman–Crippen LogP) is 0.448. The van der Waals surface area contributed by atoms with Crippen molar-refractivity contribution in [1.82, 2.24) is 5.32 Å². The number of carbonyl (C=O) groups is 2. The Bertz CT molecular complexity index is 688. The highest BCUT2D eigenvalue weighted by atomic mass is 16.6. The van der Waals surface area contributed by atoms with E-state index in [-0.39, 0.29) is 6.54 Å². The molecule has 0 fully saturated rings. The minimum absolute atomic E-state index is 0.256. The molecule has 1 aromatic rings. The van der Waals surface area contributed by atoms with Crippen LogP contribution in [0.3, 0.4) is 0 Å². The third kappa shape index (κ3) is 3.59. The van der Waals surface area contributed by atoms with E-state index >= 15 is 0 Å². The summed E-state index contributed by atoms with van der Waals surface area (Å²) in [5, 5.41) is 13.3. The predicted molar refractivity (Wildman–Crippen MR) is 76.3 cm³/mol. The molecule has 2 N–H and O–H groups in total. The lowest BCUT2D eigenvalue weighted by molar-refractivity contribution is -0.137. The molecule has 21 heavy (non-hydrogen) atoms. The first kappa shape index (κ1) is 15.0. The Labute approximate surface area is 122 Å². The summed E-state index contributed by atoms with van der Waals surface area (Å²) < 4.78 is 5.11. The summed E-state index contributed by atoms with van der Waals surface area (Å²) in [6.07, 6.45) is -0.758. The highest BCUT2D eigenvalue weighted by Crippen LogP contribution is 2.10. The lowest BCUT2D eigenvalue weighted by Crippen LogP contribution is -2.46. The van der Waals surface area contributed by atoms with Crippen LogP contribution in [0, 0.1) is 0 Å². The maximum atomic E-state index is 11.8. The fourth-order valence-electron chi connectivity index (χ4n) is 2.11. The molecule has 1 atom stereocenters. The SMILES string of the molecule is CC(C)(C)OC(=O)N[C@@H](C(=O)O)C1=c2ccccc2=NC1. The van der Waals surface area contributed by atoms with E-state index in [0.717, 1.165) is 10.6 Å². The van der Waals surface area contributed by atoms with Gasteiger partial charge in [-0.2, -0.15) is 0 Å². The topological polar surface area (TPSA) is 88.0 Å². The average Bonchev–Trinajstić information content (AvgIpc) is 2.77. The van der Waals surface area contributed by atoms with Gasteiger partial charge in [-0.1, -0.05) is 18.2 Å². The molecule has 0 unspecified atom stereocenters. The Kier molecular flexibility index (Phi) is 3.97. The zero-order valence-electron chi connectivity index (χ0n) is 12.2. The molecule has 112 valence electrons. The molecule has 2 rings (SSSR count). The van der Waals surface area contributed by atoms with Gasteiger partial charge in [0.25, 0.3) is 0 Å². The first-order valence-electron chi connectivity index (χ1n) is 6.63. The lowest BCUT2D eigenvalue weighted by atomic mass is 10.1. The zero-order valence-corrected chi connectivity index (χ0v) is 12.2. The van der Waals surface area contributed by atoms with Gasteiger partial charge in [-0.15, -0.1) is 0 Å². The average molecular weight is 290 g/mol. The Hall–Kier alpha value is -2.37. The number of rotatable bonds is 3. The number of nitrogens with one attached hydrogen (secondary N) is 1. The van der Waals surface area contributed by atoms with Crippen molar-refractivity contribution >= 4 is 17.6 Å². The highest BCUT2D eigenvalue weighted by molar-refractivity contribution is 5.90. The first-order valence-corrected chi connectivity index (χ1v) is 6.63. The number of aliphatic carboxylic acids is 1. The van der Waals surface area contributed by atoms with Gasteiger partial charge in [0.15, 0.2) is 6.04 Å². The Morgan fingerprint density at radius 3 is 2.62 bits per heavy atom. The van der Waals surface area contributed by atoms with Gasteiger partial charge in [0.05, 0.1) is 11.9 Å². The van der Waals surface area contributed by atoms with Gasteiger partial charge in [-0.05, 0) is 32.4 Å². The molecular formula is C15H18N2O4. The minimum atomic E-state index is -1.15. The van der Waals surface area contributed by atoms with Crippen molar-refractivity contribution in [2.75, 3.05) is 6.54 Å². The summed E-state index contributed by atoms with van der Waals surface area (Å²) >= 11 is 0. The number of carboxylic acid groups (broad SMARTS) is 1. The van der Waals surface area contributed by atoms with E-state index in [1.54, 1.807) is 26.8 Å². The third-order valence-electron chi connectivity index (χ3n) is 2.93. The number of ether oxygens (including phenoxy) is 1. The van der Waals surface area contributed by atoms with E-state index < -0.39 is 23.7 Å². The van der Waals surface area contributed by atoms with Gasteiger partial charge in [0.2, 0.25) is 0 Å². The number of benzene rings is 1. The van der Waals surface area contributed by atoms with Gasteiger partial charge in [-0.25, -0.2) is 9.59 Å². The quantitative estimate of drug-likeness (QED) is 0.846. The Morgan fingerprint density at radius 2 is 2.00 bits per heavy atom. The summed E-state index contributed by atoms with van der Waals surface area (Å²) in [6.45, 7) is 5.41. The lowest BCUT2D eigenvalue weighted by Gasteiger charge is -2.22. The molecule has 1 heterocycles. The van der Waals surface area contributed by atoms with Crippen molar-refractivity contribution in [3.63, 3.8) is 0 Å². The number of carboxylic acids is 1. The van der Waals surface area contributed by atoms with Gasteiger partial charge >= 0.3 is 12.1 Å². The molecule has 1 amide bonds. The number of alkyl carbamates (subject to hydrolysis) is 1. The van der Waals surface area contributed by atoms with Crippen LogP contribution < -0.4 is 15.9 Å². The fraction of sp³-hybridized carbons (Fsp3) is 0.400. The van der Waals surface area contributed by atoms with E-state index in [1.165, 1.54) is 0 Å². The highest BCUT2D eigenvalue weighted by Gasteiger charge is 2.28. The van der Waals surface area contributed by atoms with Crippen molar-refractivity contribution in [3.8, 4) is 0 Å². The normalized spacial score (nSPS) is 14.9. The minimum Gasteiger partial charge on any atom is -0.479 e. The van der Waals surface area contributed by atoms with Crippen molar-refractivity contribution < 1.29 is 19.4 Å². The number of carbonyl (C=O) groups excluding carboxylic acids is 1. The zero-order chi connectivity index (χ0) is 15.6. The second kappa shape index (κ2) is 5.55. The summed E-state index contributed by atoms with van der Waals surface area (Å²) in [5.74, 6) is -1.14. The number of para-hydroxylation sites is 1. The largest absolute Gasteiger partial charge is 0.479 e. The van der Waals surface area contributed by atoms with Gasteiger partial charge in [-0.3, -0.25) is 4.99 Å². The van der Waals surface area contributed by atoms with E-state index in [2.05, 4.69) is 10.3 Å². The number of fused-ring (bicyclic) bond motifs is 1. The molecule has 0 aliphatic carbocycles. The van der Waals surface area contributed by atoms with Gasteiger partial charge < -0.3 is 15.2 Å². The molecule has 6 heteroatoms. The fourth-order valence-corrected chi connectivity index (χ4v) is 2.11. The van der Waals surface area contributed by atoms with Gasteiger partial charge in [0, 0.05) is 5.22 Å². The van der Waals surface area contributed by atoms with E-state index in [0.29, 0.717) is 5.57 Å². The Balaban J connectivity index is 2.29.